The quantitative estimate of drug-likeness (QED) is 0.632. The third-order valence-electron chi connectivity index (χ3n) is 11.3. The Morgan fingerprint density at radius 3 is 1.70 bits per heavy atom. The second-order valence-electron chi connectivity index (χ2n) is 14.3. The molecule has 1 saturated heterocycles. The molecule has 0 N–H and O–H groups in total. The van der Waals surface area contributed by atoms with Crippen molar-refractivity contribution >= 4 is 5.91 Å². The van der Waals surface area contributed by atoms with E-state index in [1.807, 2.05) is 0 Å². The fourth-order valence-electron chi connectivity index (χ4n) is 11.9. The zero-order valence-electron chi connectivity index (χ0n) is 19.4. The summed E-state index contributed by atoms with van der Waals surface area (Å²) in [6.07, 6.45) is 16.7. The van der Waals surface area contributed by atoms with E-state index in [-0.39, 0.29) is 5.41 Å². The lowest BCUT2D eigenvalue weighted by atomic mass is 9.40. The number of amides is 1. The molecule has 0 radical (unpaired) electrons. The van der Waals surface area contributed by atoms with Gasteiger partial charge in [0.1, 0.15) is 0 Å². The summed E-state index contributed by atoms with van der Waals surface area (Å²) in [7, 11) is 0. The van der Waals surface area contributed by atoms with Gasteiger partial charge in [0.25, 0.3) is 0 Å². The van der Waals surface area contributed by atoms with Crippen LogP contribution in [0.3, 0.4) is 0 Å². The predicted molar refractivity (Wildman–Crippen MR) is 119 cm³/mol. The second-order valence-corrected chi connectivity index (χ2v) is 14.3. The number of nitrogens with zero attached hydrogens (tertiary/aromatic N) is 2. The van der Waals surface area contributed by atoms with E-state index >= 15 is 0 Å². The summed E-state index contributed by atoms with van der Waals surface area (Å²) >= 11 is 0. The van der Waals surface area contributed by atoms with Gasteiger partial charge < -0.3 is 4.90 Å². The lowest BCUT2D eigenvalue weighted by Crippen LogP contribution is -2.66. The Kier molecular flexibility index (Phi) is 3.70. The topological polar surface area (TPSA) is 23.6 Å². The van der Waals surface area contributed by atoms with Gasteiger partial charge in [-0.05, 0) is 112 Å². The van der Waals surface area contributed by atoms with E-state index in [2.05, 4.69) is 23.6 Å². The van der Waals surface area contributed by atoms with Crippen molar-refractivity contribution in [3.8, 4) is 0 Å². The van der Waals surface area contributed by atoms with E-state index < -0.39 is 0 Å². The monoisotopic (exact) mass is 410 g/mol. The van der Waals surface area contributed by atoms with Crippen LogP contribution >= 0.6 is 0 Å². The van der Waals surface area contributed by atoms with Crippen molar-refractivity contribution < 1.29 is 4.79 Å². The van der Waals surface area contributed by atoms with Gasteiger partial charge in [-0.15, -0.1) is 0 Å². The van der Waals surface area contributed by atoms with Gasteiger partial charge in [0, 0.05) is 31.7 Å². The minimum absolute atomic E-state index is 0.00816. The van der Waals surface area contributed by atoms with Gasteiger partial charge in [-0.3, -0.25) is 9.69 Å². The van der Waals surface area contributed by atoms with Gasteiger partial charge in [0.2, 0.25) is 5.91 Å². The Morgan fingerprint density at radius 2 is 1.20 bits per heavy atom. The van der Waals surface area contributed by atoms with Crippen LogP contribution in [0.5, 0.6) is 0 Å². The van der Waals surface area contributed by atoms with Crippen LogP contribution in [-0.4, -0.2) is 47.4 Å². The first-order chi connectivity index (χ1) is 14.3. The Morgan fingerprint density at radius 1 is 0.667 bits per heavy atom. The van der Waals surface area contributed by atoms with Crippen LogP contribution < -0.4 is 0 Å². The fraction of sp³-hybridized carbons (Fsp3) is 0.963. The summed E-state index contributed by atoms with van der Waals surface area (Å²) in [4.78, 5) is 19.2. The van der Waals surface area contributed by atoms with Crippen LogP contribution in [0, 0.1) is 39.9 Å². The van der Waals surface area contributed by atoms with Crippen molar-refractivity contribution in [2.24, 2.45) is 39.9 Å². The summed E-state index contributed by atoms with van der Waals surface area (Å²) in [5, 5.41) is 0. The van der Waals surface area contributed by atoms with E-state index in [0.717, 1.165) is 49.9 Å². The molecule has 0 aromatic rings. The minimum atomic E-state index is -0.00816. The highest BCUT2D eigenvalue weighted by atomic mass is 16.2. The third kappa shape index (κ3) is 2.63. The maximum atomic E-state index is 14.0. The maximum absolute atomic E-state index is 14.0. The molecular weight excluding hydrogens is 368 g/mol. The summed E-state index contributed by atoms with van der Waals surface area (Å²) < 4.78 is 0. The zero-order valence-corrected chi connectivity index (χ0v) is 19.4. The normalized spacial score (nSPS) is 56.7. The minimum Gasteiger partial charge on any atom is -0.340 e. The molecule has 9 aliphatic rings. The Bertz CT molecular complexity index is 712. The van der Waals surface area contributed by atoms with Crippen LogP contribution in [0.2, 0.25) is 0 Å². The number of rotatable bonds is 2. The molecule has 0 aromatic heterocycles. The first-order valence-corrected chi connectivity index (χ1v) is 13.3. The zero-order chi connectivity index (χ0) is 20.4. The van der Waals surface area contributed by atoms with E-state index in [1.54, 1.807) is 0 Å². The molecule has 1 aliphatic heterocycles. The molecule has 0 aromatic carbocycles. The standard InChI is InChI=1S/C27H42N2O/c1-24-10-22-11-25(2,16-24)18-26(12-22,17-24)23(30)28-3-5-29(6-4-28)27-13-19-7-20(14-27)9-21(8-19)15-27/h19-22H,3-18H2,1-2H3. The molecule has 0 spiro atoms. The number of piperazine rings is 1. The lowest BCUT2D eigenvalue weighted by molar-refractivity contribution is -0.182. The Hall–Kier alpha value is -0.570. The van der Waals surface area contributed by atoms with Crippen LogP contribution in [0.25, 0.3) is 0 Å². The van der Waals surface area contributed by atoms with Crippen LogP contribution in [0.1, 0.15) is 90.9 Å². The highest BCUT2D eigenvalue weighted by Gasteiger charge is 2.63. The SMILES string of the molecule is CC12CC3CC(C)(C1)CC(C(=O)N1CCN(C45CC6CC(CC(C6)C4)C5)CC1)(C3)C2. The third-order valence-corrected chi connectivity index (χ3v) is 11.3. The van der Waals surface area contributed by atoms with Gasteiger partial charge in [0.15, 0.2) is 0 Å². The number of hydrogen-bond acceptors (Lipinski definition) is 2. The average Bonchev–Trinajstić information content (AvgIpc) is 2.63. The largest absolute Gasteiger partial charge is 0.340 e. The molecule has 2 atom stereocenters. The summed E-state index contributed by atoms with van der Waals surface area (Å²) in [5.41, 5.74) is 1.38. The molecule has 3 heteroatoms. The molecular formula is C27H42N2O. The number of carbonyl (C=O) groups excluding carboxylic acids is 1. The second kappa shape index (κ2) is 5.86. The number of hydrogen-bond donors (Lipinski definition) is 0. The molecule has 8 saturated carbocycles. The van der Waals surface area contributed by atoms with Gasteiger partial charge >= 0.3 is 0 Å². The van der Waals surface area contributed by atoms with Crippen molar-refractivity contribution in [2.45, 2.75) is 96.4 Å². The van der Waals surface area contributed by atoms with Gasteiger partial charge in [-0.25, -0.2) is 0 Å². The molecule has 8 aliphatic carbocycles. The maximum Gasteiger partial charge on any atom is 0.228 e. The summed E-state index contributed by atoms with van der Waals surface area (Å²) in [5.74, 6) is 4.43. The average molecular weight is 411 g/mol. The van der Waals surface area contributed by atoms with E-state index in [9.17, 15) is 4.79 Å². The summed E-state index contributed by atoms with van der Waals surface area (Å²) in [6.45, 7) is 9.30. The van der Waals surface area contributed by atoms with Crippen LogP contribution in [0.4, 0.5) is 0 Å². The highest BCUT2D eigenvalue weighted by molar-refractivity contribution is 5.83. The molecule has 2 unspecified atom stereocenters. The van der Waals surface area contributed by atoms with E-state index in [4.69, 9.17) is 0 Å². The highest BCUT2D eigenvalue weighted by Crippen LogP contribution is 2.70. The Labute approximate surface area is 183 Å². The molecule has 9 fully saturated rings. The number of carbonyl (C=O) groups is 1. The van der Waals surface area contributed by atoms with Gasteiger partial charge in [-0.2, -0.15) is 0 Å². The van der Waals surface area contributed by atoms with Crippen molar-refractivity contribution in [2.75, 3.05) is 26.2 Å². The van der Waals surface area contributed by atoms with E-state index in [0.29, 0.717) is 22.3 Å². The summed E-state index contributed by atoms with van der Waals surface area (Å²) in [6, 6.07) is 0. The van der Waals surface area contributed by atoms with Gasteiger partial charge in [-0.1, -0.05) is 13.8 Å². The van der Waals surface area contributed by atoms with Crippen LogP contribution in [0.15, 0.2) is 0 Å². The predicted octanol–water partition coefficient (Wildman–Crippen LogP) is 5.10. The van der Waals surface area contributed by atoms with Crippen molar-refractivity contribution in [3.05, 3.63) is 0 Å². The van der Waals surface area contributed by atoms with Crippen molar-refractivity contribution in [1.82, 2.24) is 9.80 Å². The molecule has 3 nitrogen and oxygen atoms in total. The molecule has 1 heterocycles. The smallest absolute Gasteiger partial charge is 0.228 e. The first-order valence-electron chi connectivity index (χ1n) is 13.3. The lowest BCUT2D eigenvalue weighted by Gasteiger charge is -2.65. The molecule has 166 valence electrons. The van der Waals surface area contributed by atoms with Crippen molar-refractivity contribution in [3.63, 3.8) is 0 Å². The Balaban J connectivity index is 1.07. The molecule has 8 bridgehead atoms. The molecule has 30 heavy (non-hydrogen) atoms. The fourth-order valence-corrected chi connectivity index (χ4v) is 11.9. The van der Waals surface area contributed by atoms with Crippen molar-refractivity contribution in [1.29, 1.82) is 0 Å². The van der Waals surface area contributed by atoms with E-state index in [1.165, 1.54) is 77.0 Å². The molecule has 1 amide bonds. The van der Waals surface area contributed by atoms with Gasteiger partial charge in [0.05, 0.1) is 5.41 Å². The first kappa shape index (κ1) is 18.9. The molecule has 9 rings (SSSR count). The van der Waals surface area contributed by atoms with Crippen LogP contribution in [-0.2, 0) is 4.79 Å².